The molecule has 7 heteroatoms. The third kappa shape index (κ3) is 2.60. The highest BCUT2D eigenvalue weighted by Crippen LogP contribution is 2.39. The number of benzene rings is 2. The van der Waals surface area contributed by atoms with E-state index in [1.807, 2.05) is 0 Å². The van der Waals surface area contributed by atoms with E-state index in [-0.39, 0.29) is 6.54 Å². The molecule has 0 spiro atoms. The highest BCUT2D eigenvalue weighted by atomic mass is 19.2. The molecule has 2 aromatic carbocycles. The number of rotatable bonds is 2. The van der Waals surface area contributed by atoms with Crippen LogP contribution in [0, 0.1) is 29.1 Å². The molecule has 122 valence electrons. The van der Waals surface area contributed by atoms with Crippen molar-refractivity contribution in [3.05, 3.63) is 70.5 Å². The summed E-state index contributed by atoms with van der Waals surface area (Å²) in [5, 5.41) is 0. The Morgan fingerprint density at radius 2 is 1.39 bits per heavy atom. The van der Waals surface area contributed by atoms with Crippen LogP contribution in [0.5, 0.6) is 0 Å². The number of ether oxygens (including phenoxy) is 1. The summed E-state index contributed by atoms with van der Waals surface area (Å²) in [7, 11) is 1.49. The molecule has 3 rings (SSSR count). The summed E-state index contributed by atoms with van der Waals surface area (Å²) in [6, 6.07) is 8.86. The molecule has 0 amide bonds. The molecule has 0 aliphatic carbocycles. The first-order valence-corrected chi connectivity index (χ1v) is 6.83. The Balaban J connectivity index is 2.00. The molecule has 1 aliphatic rings. The van der Waals surface area contributed by atoms with Crippen LogP contribution in [0.4, 0.5) is 22.0 Å². The van der Waals surface area contributed by atoms with Crippen LogP contribution in [0.25, 0.3) is 0 Å². The van der Waals surface area contributed by atoms with Gasteiger partial charge in [0.2, 0.25) is 5.82 Å². The summed E-state index contributed by atoms with van der Waals surface area (Å²) in [5.74, 6) is -9.86. The van der Waals surface area contributed by atoms with E-state index in [1.54, 1.807) is 30.3 Å². The fourth-order valence-electron chi connectivity index (χ4n) is 2.64. The van der Waals surface area contributed by atoms with E-state index in [0.29, 0.717) is 0 Å². The third-order valence-corrected chi connectivity index (χ3v) is 3.81. The monoisotopic (exact) mass is 329 g/mol. The Bertz CT molecular complexity index is 708. The van der Waals surface area contributed by atoms with Crippen molar-refractivity contribution < 1.29 is 26.7 Å². The quantitative estimate of drug-likeness (QED) is 0.468. The molecule has 2 unspecified atom stereocenters. The molecule has 2 nitrogen and oxygen atoms in total. The summed E-state index contributed by atoms with van der Waals surface area (Å²) in [5.41, 5.74) is -0.215. The summed E-state index contributed by atoms with van der Waals surface area (Å²) in [6.07, 6.45) is -1.88. The normalized spacial score (nSPS) is 21.8. The van der Waals surface area contributed by atoms with Crippen LogP contribution in [0.2, 0.25) is 0 Å². The first kappa shape index (κ1) is 15.9. The summed E-state index contributed by atoms with van der Waals surface area (Å²) < 4.78 is 73.3. The SMILES string of the molecule is CN1CC(c2ccccc2)OC1c1c(F)c(F)c(F)c(F)c1F. The summed E-state index contributed by atoms with van der Waals surface area (Å²) in [4.78, 5) is 1.40. The lowest BCUT2D eigenvalue weighted by atomic mass is 10.1. The predicted octanol–water partition coefficient (Wildman–Crippen LogP) is 4.08. The number of hydrogen-bond donors (Lipinski definition) is 0. The lowest BCUT2D eigenvalue weighted by molar-refractivity contribution is -0.000335. The molecule has 2 aromatic rings. The zero-order valence-corrected chi connectivity index (χ0v) is 12.0. The molecule has 2 atom stereocenters. The van der Waals surface area contributed by atoms with Crippen LogP contribution >= 0.6 is 0 Å². The lowest BCUT2D eigenvalue weighted by Crippen LogP contribution is -2.22. The van der Waals surface area contributed by atoms with Gasteiger partial charge in [-0.05, 0) is 12.6 Å². The second-order valence-corrected chi connectivity index (χ2v) is 5.31. The largest absolute Gasteiger partial charge is 0.349 e. The standard InChI is InChI=1S/C16H12F5NO/c1-22-7-9(8-5-3-2-4-6-8)23-16(22)10-11(17)13(19)15(21)14(20)12(10)18/h2-6,9,16H,7H2,1H3. The van der Waals surface area contributed by atoms with Crippen LogP contribution in [-0.2, 0) is 4.74 Å². The molecule has 0 aromatic heterocycles. The van der Waals surface area contributed by atoms with E-state index in [2.05, 4.69) is 0 Å². The number of hydrogen-bond acceptors (Lipinski definition) is 2. The molecule has 23 heavy (non-hydrogen) atoms. The van der Waals surface area contributed by atoms with Gasteiger partial charge in [-0.3, -0.25) is 4.90 Å². The molecule has 0 radical (unpaired) electrons. The number of nitrogens with zero attached hydrogens (tertiary/aromatic N) is 1. The predicted molar refractivity (Wildman–Crippen MR) is 71.9 cm³/mol. The summed E-state index contributed by atoms with van der Waals surface area (Å²) >= 11 is 0. The van der Waals surface area contributed by atoms with Crippen LogP contribution in [0.1, 0.15) is 23.5 Å². The highest BCUT2D eigenvalue weighted by molar-refractivity contribution is 5.27. The maximum Gasteiger partial charge on any atom is 0.200 e. The van der Waals surface area contributed by atoms with Crippen molar-refractivity contribution >= 4 is 0 Å². The minimum Gasteiger partial charge on any atom is -0.349 e. The average Bonchev–Trinajstić information content (AvgIpc) is 2.94. The van der Waals surface area contributed by atoms with Gasteiger partial charge in [0.25, 0.3) is 0 Å². The molecule has 0 bridgehead atoms. The molecule has 1 heterocycles. The van der Waals surface area contributed by atoms with Crippen LogP contribution in [0.15, 0.2) is 30.3 Å². The molecular formula is C16H12F5NO. The van der Waals surface area contributed by atoms with E-state index >= 15 is 0 Å². The lowest BCUT2D eigenvalue weighted by Gasteiger charge is -2.20. The Labute approximate surface area is 129 Å². The Hall–Kier alpha value is -1.99. The Morgan fingerprint density at radius 1 is 0.870 bits per heavy atom. The second-order valence-electron chi connectivity index (χ2n) is 5.31. The van der Waals surface area contributed by atoms with Gasteiger partial charge in [0, 0.05) is 6.54 Å². The van der Waals surface area contributed by atoms with Gasteiger partial charge in [0.05, 0.1) is 11.7 Å². The van der Waals surface area contributed by atoms with E-state index < -0.39 is 47.0 Å². The van der Waals surface area contributed by atoms with Crippen LogP contribution < -0.4 is 0 Å². The number of likely N-dealkylation sites (N-methyl/N-ethyl adjacent to an activating group) is 1. The highest BCUT2D eigenvalue weighted by Gasteiger charge is 2.39. The Kier molecular flexibility index (Phi) is 4.08. The van der Waals surface area contributed by atoms with Gasteiger partial charge >= 0.3 is 0 Å². The van der Waals surface area contributed by atoms with Crippen LogP contribution in [-0.4, -0.2) is 18.5 Å². The van der Waals surface area contributed by atoms with E-state index in [9.17, 15) is 22.0 Å². The van der Waals surface area contributed by atoms with Crippen molar-refractivity contribution in [1.82, 2.24) is 4.90 Å². The van der Waals surface area contributed by atoms with Gasteiger partial charge < -0.3 is 4.74 Å². The fraction of sp³-hybridized carbons (Fsp3) is 0.250. The van der Waals surface area contributed by atoms with Crippen molar-refractivity contribution in [3.63, 3.8) is 0 Å². The molecular weight excluding hydrogens is 317 g/mol. The van der Waals surface area contributed by atoms with Crippen molar-refractivity contribution in [2.24, 2.45) is 0 Å². The van der Waals surface area contributed by atoms with Gasteiger partial charge in [-0.2, -0.15) is 0 Å². The minimum atomic E-state index is -2.18. The van der Waals surface area contributed by atoms with E-state index in [4.69, 9.17) is 4.74 Å². The molecule has 1 fully saturated rings. The first-order chi connectivity index (χ1) is 10.9. The minimum absolute atomic E-state index is 0.258. The molecule has 1 aliphatic heterocycles. The zero-order valence-electron chi connectivity index (χ0n) is 12.0. The second kappa shape index (κ2) is 5.90. The van der Waals surface area contributed by atoms with Gasteiger partial charge in [-0.25, -0.2) is 22.0 Å². The van der Waals surface area contributed by atoms with E-state index in [1.165, 1.54) is 11.9 Å². The van der Waals surface area contributed by atoms with Gasteiger partial charge in [0.15, 0.2) is 23.3 Å². The molecule has 1 saturated heterocycles. The Morgan fingerprint density at radius 3 is 1.96 bits per heavy atom. The van der Waals surface area contributed by atoms with Crippen molar-refractivity contribution in [2.45, 2.75) is 12.3 Å². The van der Waals surface area contributed by atoms with Crippen molar-refractivity contribution in [1.29, 1.82) is 0 Å². The van der Waals surface area contributed by atoms with Crippen LogP contribution in [0.3, 0.4) is 0 Å². The maximum atomic E-state index is 13.9. The first-order valence-electron chi connectivity index (χ1n) is 6.83. The van der Waals surface area contributed by atoms with E-state index in [0.717, 1.165) is 5.56 Å². The van der Waals surface area contributed by atoms with Gasteiger partial charge in [-0.15, -0.1) is 0 Å². The smallest absolute Gasteiger partial charge is 0.200 e. The topological polar surface area (TPSA) is 12.5 Å². The molecule has 0 N–H and O–H groups in total. The molecule has 0 saturated carbocycles. The van der Waals surface area contributed by atoms with Crippen molar-refractivity contribution in [3.8, 4) is 0 Å². The van der Waals surface area contributed by atoms with Gasteiger partial charge in [0.1, 0.15) is 6.23 Å². The zero-order chi connectivity index (χ0) is 16.7. The number of halogens is 5. The maximum absolute atomic E-state index is 13.9. The third-order valence-electron chi connectivity index (χ3n) is 3.81. The fourth-order valence-corrected chi connectivity index (χ4v) is 2.64. The van der Waals surface area contributed by atoms with Crippen molar-refractivity contribution in [2.75, 3.05) is 13.6 Å². The summed E-state index contributed by atoms with van der Waals surface area (Å²) in [6.45, 7) is 0.258. The van der Waals surface area contributed by atoms with Gasteiger partial charge in [-0.1, -0.05) is 30.3 Å². The average molecular weight is 329 g/mol.